The van der Waals surface area contributed by atoms with Crippen molar-refractivity contribution >= 4 is 34.8 Å². The van der Waals surface area contributed by atoms with Crippen LogP contribution in [0.25, 0.3) is 0 Å². The summed E-state index contributed by atoms with van der Waals surface area (Å²) < 4.78 is 0. The standard InChI is InChI=1S/C19H23N5O2S/c1-3-15-8-20-18(21-9-15)22-6-5-19(12-22)13-23(16-4-7-27-11-16)17(26)10-24(19)14(2)25/h4,7-9,11H,3,5-6,10,12-13H2,1-2H3/t19-/m1/s1. The van der Waals surface area contributed by atoms with E-state index in [1.54, 1.807) is 23.2 Å². The lowest BCUT2D eigenvalue weighted by Crippen LogP contribution is -2.66. The van der Waals surface area contributed by atoms with Crippen LogP contribution in [0.2, 0.25) is 0 Å². The maximum absolute atomic E-state index is 12.7. The molecule has 2 fully saturated rings. The number of rotatable bonds is 3. The van der Waals surface area contributed by atoms with Crippen LogP contribution in [0.1, 0.15) is 25.8 Å². The Balaban J connectivity index is 1.61. The predicted molar refractivity (Wildman–Crippen MR) is 105 cm³/mol. The molecule has 1 atom stereocenters. The fourth-order valence-corrected chi connectivity index (χ4v) is 4.66. The molecular formula is C19H23N5O2S. The fourth-order valence-electron chi connectivity index (χ4n) is 4.02. The Morgan fingerprint density at radius 2 is 2.07 bits per heavy atom. The number of amides is 2. The first kappa shape index (κ1) is 17.9. The van der Waals surface area contributed by atoms with Gasteiger partial charge >= 0.3 is 0 Å². The number of aryl methyl sites for hydroxylation is 1. The van der Waals surface area contributed by atoms with E-state index in [2.05, 4.69) is 21.8 Å². The van der Waals surface area contributed by atoms with Gasteiger partial charge in [-0.15, -0.1) is 0 Å². The highest BCUT2D eigenvalue weighted by Crippen LogP contribution is 2.36. The number of carbonyl (C=O) groups is 2. The molecule has 2 amide bonds. The van der Waals surface area contributed by atoms with E-state index in [4.69, 9.17) is 0 Å². The molecule has 1 spiro atoms. The minimum absolute atomic E-state index is 0.0313. The SMILES string of the molecule is CCc1cnc(N2CC[C@@]3(C2)CN(c2ccsc2)C(=O)CN3C(C)=O)nc1. The van der Waals surface area contributed by atoms with Crippen molar-refractivity contribution in [3.05, 3.63) is 34.8 Å². The smallest absolute Gasteiger partial charge is 0.246 e. The lowest BCUT2D eigenvalue weighted by Gasteiger charge is -2.47. The molecule has 2 aromatic rings. The summed E-state index contributed by atoms with van der Waals surface area (Å²) in [5.41, 5.74) is 1.61. The van der Waals surface area contributed by atoms with Crippen LogP contribution >= 0.6 is 11.3 Å². The Morgan fingerprint density at radius 1 is 1.30 bits per heavy atom. The van der Waals surface area contributed by atoms with Crippen LogP contribution < -0.4 is 9.80 Å². The normalized spacial score (nSPS) is 22.7. The Kier molecular flexibility index (Phi) is 4.59. The highest BCUT2D eigenvalue weighted by Gasteiger charge is 2.50. The molecule has 8 heteroatoms. The number of thiophene rings is 1. The maximum atomic E-state index is 12.7. The summed E-state index contributed by atoms with van der Waals surface area (Å²) in [7, 11) is 0. The van der Waals surface area contributed by atoms with E-state index >= 15 is 0 Å². The second-order valence-electron chi connectivity index (χ2n) is 7.21. The molecule has 2 aromatic heterocycles. The quantitative estimate of drug-likeness (QED) is 0.808. The lowest BCUT2D eigenvalue weighted by atomic mass is 9.92. The number of hydrogen-bond acceptors (Lipinski definition) is 6. The van der Waals surface area contributed by atoms with Crippen LogP contribution in [0, 0.1) is 0 Å². The summed E-state index contributed by atoms with van der Waals surface area (Å²) in [5, 5.41) is 3.95. The number of anilines is 2. The van der Waals surface area contributed by atoms with Crippen LogP contribution in [0.15, 0.2) is 29.2 Å². The summed E-state index contributed by atoms with van der Waals surface area (Å²) in [6.45, 7) is 5.64. The van der Waals surface area contributed by atoms with Gasteiger partial charge in [-0.1, -0.05) is 6.92 Å². The molecular weight excluding hydrogens is 362 g/mol. The first-order valence-electron chi connectivity index (χ1n) is 9.19. The monoisotopic (exact) mass is 385 g/mol. The maximum Gasteiger partial charge on any atom is 0.246 e. The summed E-state index contributed by atoms with van der Waals surface area (Å²) in [4.78, 5) is 39.7. The number of nitrogens with zero attached hydrogens (tertiary/aromatic N) is 5. The van der Waals surface area contributed by atoms with E-state index in [1.807, 2.05) is 34.1 Å². The zero-order valence-electron chi connectivity index (χ0n) is 15.6. The van der Waals surface area contributed by atoms with Crippen molar-refractivity contribution in [3.63, 3.8) is 0 Å². The van der Waals surface area contributed by atoms with Crippen LogP contribution in [0.3, 0.4) is 0 Å². The topological polar surface area (TPSA) is 69.6 Å². The van der Waals surface area contributed by atoms with E-state index in [0.29, 0.717) is 19.0 Å². The summed E-state index contributed by atoms with van der Waals surface area (Å²) >= 11 is 1.57. The van der Waals surface area contributed by atoms with Crippen molar-refractivity contribution in [3.8, 4) is 0 Å². The van der Waals surface area contributed by atoms with Gasteiger partial charge in [0.25, 0.3) is 0 Å². The molecule has 4 rings (SSSR count). The van der Waals surface area contributed by atoms with Gasteiger partial charge in [-0.25, -0.2) is 9.97 Å². The molecule has 0 N–H and O–H groups in total. The molecule has 4 heterocycles. The average Bonchev–Trinajstić information content (AvgIpc) is 3.34. The van der Waals surface area contributed by atoms with Crippen molar-refractivity contribution in [2.24, 2.45) is 0 Å². The van der Waals surface area contributed by atoms with Gasteiger partial charge in [-0.3, -0.25) is 9.59 Å². The third-order valence-corrected chi connectivity index (χ3v) is 6.20. The summed E-state index contributed by atoms with van der Waals surface area (Å²) in [5.74, 6) is 0.597. The first-order chi connectivity index (χ1) is 13.0. The van der Waals surface area contributed by atoms with Crippen molar-refractivity contribution in [2.75, 3.05) is 36.0 Å². The molecule has 7 nitrogen and oxygen atoms in total. The van der Waals surface area contributed by atoms with Gasteiger partial charge in [0, 0.05) is 37.8 Å². The second kappa shape index (κ2) is 6.92. The second-order valence-corrected chi connectivity index (χ2v) is 7.99. The van der Waals surface area contributed by atoms with E-state index in [9.17, 15) is 9.59 Å². The molecule has 0 unspecified atom stereocenters. The Labute approximate surface area is 162 Å². The summed E-state index contributed by atoms with van der Waals surface area (Å²) in [6, 6.07) is 1.96. The van der Waals surface area contributed by atoms with Crippen molar-refractivity contribution in [2.45, 2.75) is 32.2 Å². The van der Waals surface area contributed by atoms with Crippen molar-refractivity contribution < 1.29 is 9.59 Å². The number of hydrogen-bond donors (Lipinski definition) is 0. The fraction of sp³-hybridized carbons (Fsp3) is 0.474. The third-order valence-electron chi connectivity index (χ3n) is 5.53. The molecule has 142 valence electrons. The molecule has 2 aliphatic rings. The van der Waals surface area contributed by atoms with Crippen LogP contribution in [0.5, 0.6) is 0 Å². The molecule has 0 radical (unpaired) electrons. The molecule has 0 aliphatic carbocycles. The molecule has 0 aromatic carbocycles. The Hall–Kier alpha value is -2.48. The van der Waals surface area contributed by atoms with Crippen molar-refractivity contribution in [1.29, 1.82) is 0 Å². The van der Waals surface area contributed by atoms with E-state index < -0.39 is 5.54 Å². The zero-order valence-corrected chi connectivity index (χ0v) is 16.4. The molecule has 0 bridgehead atoms. The first-order valence-corrected chi connectivity index (χ1v) is 10.1. The van der Waals surface area contributed by atoms with Gasteiger partial charge in [0.05, 0.1) is 17.8 Å². The average molecular weight is 385 g/mol. The van der Waals surface area contributed by atoms with Gasteiger partial charge in [-0.2, -0.15) is 11.3 Å². The summed E-state index contributed by atoms with van der Waals surface area (Å²) in [6.07, 6.45) is 5.41. The van der Waals surface area contributed by atoms with Crippen LogP contribution in [-0.2, 0) is 16.0 Å². The van der Waals surface area contributed by atoms with E-state index in [1.165, 1.54) is 0 Å². The molecule has 0 saturated carbocycles. The highest BCUT2D eigenvalue weighted by atomic mass is 32.1. The van der Waals surface area contributed by atoms with Crippen LogP contribution in [-0.4, -0.2) is 58.4 Å². The van der Waals surface area contributed by atoms with Gasteiger partial charge in [0.15, 0.2) is 0 Å². The number of piperazine rings is 1. The highest BCUT2D eigenvalue weighted by molar-refractivity contribution is 7.08. The van der Waals surface area contributed by atoms with Gasteiger partial charge < -0.3 is 14.7 Å². The number of carbonyl (C=O) groups excluding carboxylic acids is 2. The van der Waals surface area contributed by atoms with Gasteiger partial charge in [0.2, 0.25) is 17.8 Å². The molecule has 2 aliphatic heterocycles. The molecule has 2 saturated heterocycles. The van der Waals surface area contributed by atoms with E-state index in [0.717, 1.165) is 30.6 Å². The van der Waals surface area contributed by atoms with Crippen molar-refractivity contribution in [1.82, 2.24) is 14.9 Å². The van der Waals surface area contributed by atoms with E-state index in [-0.39, 0.29) is 18.4 Å². The largest absolute Gasteiger partial charge is 0.338 e. The number of aromatic nitrogens is 2. The minimum Gasteiger partial charge on any atom is -0.338 e. The lowest BCUT2D eigenvalue weighted by molar-refractivity contribution is -0.142. The Bertz CT molecular complexity index is 838. The predicted octanol–water partition coefficient (Wildman–Crippen LogP) is 1.94. The van der Waals surface area contributed by atoms with Crippen LogP contribution in [0.4, 0.5) is 11.6 Å². The Morgan fingerprint density at radius 3 is 2.70 bits per heavy atom. The van der Waals surface area contributed by atoms with Gasteiger partial charge in [-0.05, 0) is 29.9 Å². The van der Waals surface area contributed by atoms with Gasteiger partial charge in [0.1, 0.15) is 6.54 Å². The minimum atomic E-state index is -0.408. The third kappa shape index (κ3) is 3.18. The molecule has 27 heavy (non-hydrogen) atoms. The zero-order chi connectivity index (χ0) is 19.0.